The lowest BCUT2D eigenvalue weighted by Crippen LogP contribution is -2.17. The van der Waals surface area contributed by atoms with Crippen LogP contribution in [0.5, 0.6) is 0 Å². The maximum atomic E-state index is 15.5. The number of hydrogen-bond donors (Lipinski definition) is 0. The molecule has 0 radical (unpaired) electrons. The molecule has 5 rings (SSSR count). The highest BCUT2D eigenvalue weighted by molar-refractivity contribution is 5.83. The van der Waals surface area contributed by atoms with Crippen molar-refractivity contribution in [2.24, 2.45) is 4.99 Å². The van der Waals surface area contributed by atoms with E-state index in [1.165, 1.54) is 24.4 Å². The molecule has 8 heteroatoms. The Morgan fingerprint density at radius 3 is 2.55 bits per heavy atom. The molecule has 4 aromatic rings. The third-order valence-electron chi connectivity index (χ3n) is 5.43. The summed E-state index contributed by atoms with van der Waals surface area (Å²) in [4.78, 5) is 8.26. The fourth-order valence-electron chi connectivity index (χ4n) is 3.77. The summed E-state index contributed by atoms with van der Waals surface area (Å²) >= 11 is 0. The van der Waals surface area contributed by atoms with Gasteiger partial charge in [-0.15, -0.1) is 0 Å². The molecule has 0 spiro atoms. The number of hydrogen-bond acceptors (Lipinski definition) is 4. The third kappa shape index (κ3) is 3.28. The Balaban J connectivity index is 1.63. The van der Waals surface area contributed by atoms with Gasteiger partial charge in [-0.3, -0.25) is 4.99 Å². The second-order valence-corrected chi connectivity index (χ2v) is 7.56. The number of aromatic nitrogens is 2. The second-order valence-electron chi connectivity index (χ2n) is 7.56. The fraction of sp³-hybridized carbons (Fsp3) is 0.174. The molecule has 1 aliphatic heterocycles. The molecular formula is C23H15F4N3O. The van der Waals surface area contributed by atoms with Crippen LogP contribution < -0.4 is 0 Å². The Kier molecular flexibility index (Phi) is 4.39. The van der Waals surface area contributed by atoms with Gasteiger partial charge in [-0.2, -0.15) is 8.78 Å². The maximum absolute atomic E-state index is 15.5. The van der Waals surface area contributed by atoms with Crippen molar-refractivity contribution in [3.05, 3.63) is 77.1 Å². The van der Waals surface area contributed by atoms with E-state index in [0.29, 0.717) is 12.1 Å². The average molecular weight is 425 g/mol. The molecule has 2 aromatic carbocycles. The standard InChI is InChI=1S/C23H15F4N3O/c1-12-4-5-28-20-3-2-15(9-18(12)20)23(26,27)21-19-8-14(11-29-22(19)31-30-21)13-6-16(24)10-17(25)7-13/h2-3,5-12H,4H2,1H3. The van der Waals surface area contributed by atoms with Gasteiger partial charge in [-0.1, -0.05) is 18.1 Å². The summed E-state index contributed by atoms with van der Waals surface area (Å²) < 4.78 is 63.2. The van der Waals surface area contributed by atoms with Gasteiger partial charge in [0.1, 0.15) is 11.6 Å². The van der Waals surface area contributed by atoms with Gasteiger partial charge >= 0.3 is 5.92 Å². The number of halogens is 4. The number of alkyl halides is 2. The molecule has 0 amide bonds. The topological polar surface area (TPSA) is 51.3 Å². The number of pyridine rings is 1. The molecule has 2 aromatic heterocycles. The van der Waals surface area contributed by atoms with E-state index in [1.807, 2.05) is 6.92 Å². The first-order valence-electron chi connectivity index (χ1n) is 9.60. The zero-order chi connectivity index (χ0) is 21.8. The van der Waals surface area contributed by atoms with Crippen molar-refractivity contribution in [1.29, 1.82) is 0 Å². The molecular weight excluding hydrogens is 410 g/mol. The van der Waals surface area contributed by atoms with Gasteiger partial charge in [0.15, 0.2) is 5.69 Å². The Morgan fingerprint density at radius 2 is 1.77 bits per heavy atom. The molecule has 31 heavy (non-hydrogen) atoms. The Hall–Kier alpha value is -3.55. The van der Waals surface area contributed by atoms with E-state index < -0.39 is 23.3 Å². The van der Waals surface area contributed by atoms with Gasteiger partial charge in [0, 0.05) is 29.6 Å². The van der Waals surface area contributed by atoms with Gasteiger partial charge < -0.3 is 4.52 Å². The lowest BCUT2D eigenvalue weighted by Gasteiger charge is -2.21. The van der Waals surface area contributed by atoms with Crippen LogP contribution in [0.4, 0.5) is 23.2 Å². The molecule has 0 aliphatic carbocycles. The van der Waals surface area contributed by atoms with Crippen molar-refractivity contribution in [1.82, 2.24) is 10.1 Å². The first kappa shape index (κ1) is 19.4. The van der Waals surface area contributed by atoms with Crippen LogP contribution in [-0.2, 0) is 5.92 Å². The summed E-state index contributed by atoms with van der Waals surface area (Å²) in [6.07, 6.45) is 3.74. The highest BCUT2D eigenvalue weighted by Gasteiger charge is 2.40. The van der Waals surface area contributed by atoms with Crippen molar-refractivity contribution in [2.75, 3.05) is 0 Å². The minimum atomic E-state index is -3.48. The molecule has 1 aliphatic rings. The van der Waals surface area contributed by atoms with Crippen LogP contribution in [-0.4, -0.2) is 16.4 Å². The van der Waals surface area contributed by atoms with Crippen molar-refractivity contribution >= 4 is 23.0 Å². The maximum Gasteiger partial charge on any atom is 0.319 e. The number of benzene rings is 2. The monoisotopic (exact) mass is 425 g/mol. The van der Waals surface area contributed by atoms with E-state index in [9.17, 15) is 8.78 Å². The number of aliphatic imine (C=N–C) groups is 1. The van der Waals surface area contributed by atoms with Crippen LogP contribution in [0.25, 0.3) is 22.2 Å². The van der Waals surface area contributed by atoms with Crippen molar-refractivity contribution in [3.63, 3.8) is 0 Å². The molecule has 0 fully saturated rings. The summed E-state index contributed by atoms with van der Waals surface area (Å²) in [5, 5.41) is 3.55. The Morgan fingerprint density at radius 1 is 1.00 bits per heavy atom. The number of fused-ring (bicyclic) bond motifs is 2. The van der Waals surface area contributed by atoms with Gasteiger partial charge in [-0.05, 0) is 53.8 Å². The van der Waals surface area contributed by atoms with Crippen LogP contribution in [0.1, 0.15) is 36.1 Å². The molecule has 1 unspecified atom stereocenters. The smallest absolute Gasteiger partial charge is 0.319 e. The largest absolute Gasteiger partial charge is 0.335 e. The number of nitrogens with zero attached hydrogens (tertiary/aromatic N) is 3. The fourth-order valence-corrected chi connectivity index (χ4v) is 3.77. The van der Waals surface area contributed by atoms with Gasteiger partial charge in [-0.25, -0.2) is 13.8 Å². The minimum Gasteiger partial charge on any atom is -0.335 e. The van der Waals surface area contributed by atoms with E-state index in [4.69, 9.17) is 4.52 Å². The molecule has 1 atom stereocenters. The van der Waals surface area contributed by atoms with Crippen LogP contribution in [0.15, 0.2) is 58.2 Å². The van der Waals surface area contributed by atoms with Gasteiger partial charge in [0.05, 0.1) is 11.1 Å². The number of rotatable bonds is 3. The van der Waals surface area contributed by atoms with E-state index in [2.05, 4.69) is 15.1 Å². The Bertz CT molecular complexity index is 1330. The van der Waals surface area contributed by atoms with Crippen molar-refractivity contribution in [2.45, 2.75) is 25.2 Å². The molecule has 4 nitrogen and oxygen atoms in total. The average Bonchev–Trinajstić information content (AvgIpc) is 3.17. The van der Waals surface area contributed by atoms with E-state index in [1.54, 1.807) is 12.3 Å². The van der Waals surface area contributed by atoms with Gasteiger partial charge in [0.25, 0.3) is 5.71 Å². The highest BCUT2D eigenvalue weighted by Crippen LogP contribution is 2.42. The first-order valence-corrected chi connectivity index (χ1v) is 9.60. The predicted octanol–water partition coefficient (Wildman–Crippen LogP) is 6.52. The molecule has 0 saturated heterocycles. The zero-order valence-corrected chi connectivity index (χ0v) is 16.2. The lowest BCUT2D eigenvalue weighted by atomic mass is 9.90. The lowest BCUT2D eigenvalue weighted by molar-refractivity contribution is 0.0360. The van der Waals surface area contributed by atoms with E-state index >= 15 is 8.78 Å². The first-order chi connectivity index (χ1) is 14.8. The zero-order valence-electron chi connectivity index (χ0n) is 16.2. The normalized spacial score (nSPS) is 16.0. The van der Waals surface area contributed by atoms with Crippen LogP contribution in [0, 0.1) is 11.6 Å². The second kappa shape index (κ2) is 7.01. The quantitative estimate of drug-likeness (QED) is 0.351. The summed E-state index contributed by atoms with van der Waals surface area (Å²) in [5.74, 6) is -4.98. The van der Waals surface area contributed by atoms with Gasteiger partial charge in [0.2, 0.25) is 0 Å². The van der Waals surface area contributed by atoms with Crippen LogP contribution >= 0.6 is 0 Å². The van der Waals surface area contributed by atoms with E-state index in [0.717, 1.165) is 23.8 Å². The van der Waals surface area contributed by atoms with Crippen LogP contribution in [0.3, 0.4) is 0 Å². The summed E-state index contributed by atoms with van der Waals surface area (Å²) in [6.45, 7) is 1.95. The molecule has 0 saturated carbocycles. The SMILES string of the molecule is CC1CC=Nc2ccc(C(F)(F)c3noc4ncc(-c5cc(F)cc(F)c5)cc34)cc21. The molecule has 0 bridgehead atoms. The predicted molar refractivity (Wildman–Crippen MR) is 108 cm³/mol. The summed E-state index contributed by atoms with van der Waals surface area (Å²) in [6, 6.07) is 8.60. The summed E-state index contributed by atoms with van der Waals surface area (Å²) in [5.41, 5.74) is 0.892. The third-order valence-corrected chi connectivity index (χ3v) is 5.43. The molecule has 156 valence electrons. The minimum absolute atomic E-state index is 0.0315. The summed E-state index contributed by atoms with van der Waals surface area (Å²) in [7, 11) is 0. The molecule has 3 heterocycles. The van der Waals surface area contributed by atoms with Crippen molar-refractivity contribution in [3.8, 4) is 11.1 Å². The Labute approximate surface area is 174 Å². The van der Waals surface area contributed by atoms with Crippen LogP contribution in [0.2, 0.25) is 0 Å². The molecule has 0 N–H and O–H groups in total. The van der Waals surface area contributed by atoms with Crippen molar-refractivity contribution < 1.29 is 22.1 Å². The van der Waals surface area contributed by atoms with E-state index in [-0.39, 0.29) is 33.7 Å². The highest BCUT2D eigenvalue weighted by atomic mass is 19.3.